The summed E-state index contributed by atoms with van der Waals surface area (Å²) in [6, 6.07) is 10.3. The normalized spacial score (nSPS) is 10.2. The minimum Gasteiger partial charge on any atom is -0.487 e. The molecular formula is C15H14BrNO4. The van der Waals surface area contributed by atoms with E-state index in [-0.39, 0.29) is 17.2 Å². The number of halogens is 1. The van der Waals surface area contributed by atoms with Crippen LogP contribution in [0, 0.1) is 17.0 Å². The Balaban J connectivity index is 2.46. The van der Waals surface area contributed by atoms with Crippen molar-refractivity contribution in [1.82, 2.24) is 0 Å². The van der Waals surface area contributed by atoms with Gasteiger partial charge in [-0.2, -0.15) is 0 Å². The average molecular weight is 352 g/mol. The zero-order valence-electron chi connectivity index (χ0n) is 11.6. The van der Waals surface area contributed by atoms with Crippen molar-refractivity contribution >= 4 is 21.6 Å². The Labute approximate surface area is 130 Å². The van der Waals surface area contributed by atoms with Crippen LogP contribution in [0.25, 0.3) is 0 Å². The number of nitro groups is 1. The molecule has 0 aliphatic heterocycles. The summed E-state index contributed by atoms with van der Waals surface area (Å²) in [4.78, 5) is 10.8. The van der Waals surface area contributed by atoms with E-state index in [9.17, 15) is 10.1 Å². The molecule has 0 aromatic heterocycles. The van der Waals surface area contributed by atoms with E-state index in [4.69, 9.17) is 9.47 Å². The van der Waals surface area contributed by atoms with Gasteiger partial charge in [0.25, 0.3) is 0 Å². The predicted octanol–water partition coefficient (Wildman–Crippen LogP) is 4.86. The van der Waals surface area contributed by atoms with Crippen LogP contribution < -0.4 is 9.47 Å². The number of hydrogen-bond acceptors (Lipinski definition) is 4. The topological polar surface area (TPSA) is 61.6 Å². The molecule has 0 amide bonds. The zero-order valence-corrected chi connectivity index (χ0v) is 13.2. The van der Waals surface area contributed by atoms with Crippen LogP contribution in [-0.2, 0) is 0 Å². The number of hydrogen-bond donors (Lipinski definition) is 0. The van der Waals surface area contributed by atoms with Crippen molar-refractivity contribution in [2.75, 3.05) is 6.61 Å². The number of ether oxygens (including phenoxy) is 2. The maximum Gasteiger partial charge on any atom is 0.352 e. The second-order valence-electron chi connectivity index (χ2n) is 4.30. The smallest absolute Gasteiger partial charge is 0.352 e. The summed E-state index contributed by atoms with van der Waals surface area (Å²) in [5, 5.41) is 11.3. The Kier molecular flexibility index (Phi) is 4.80. The van der Waals surface area contributed by atoms with E-state index in [0.717, 1.165) is 10.0 Å². The Morgan fingerprint density at radius 3 is 2.57 bits per heavy atom. The molecule has 0 aliphatic carbocycles. The van der Waals surface area contributed by atoms with Crippen LogP contribution in [0.1, 0.15) is 12.5 Å². The summed E-state index contributed by atoms with van der Waals surface area (Å²) in [5.74, 6) is 0.918. The number of para-hydroxylation sites is 1. The third kappa shape index (κ3) is 3.52. The molecule has 2 rings (SSSR count). The molecule has 2 aromatic rings. The number of nitro benzene ring substituents is 1. The van der Waals surface area contributed by atoms with Gasteiger partial charge in [0.2, 0.25) is 11.5 Å². The molecule has 110 valence electrons. The van der Waals surface area contributed by atoms with Crippen LogP contribution >= 0.6 is 15.9 Å². The van der Waals surface area contributed by atoms with Crippen molar-refractivity contribution in [2.24, 2.45) is 0 Å². The molecule has 0 fully saturated rings. The summed E-state index contributed by atoms with van der Waals surface area (Å²) in [6.07, 6.45) is 0. The van der Waals surface area contributed by atoms with Crippen molar-refractivity contribution in [2.45, 2.75) is 13.8 Å². The quantitative estimate of drug-likeness (QED) is 0.570. The molecule has 0 aliphatic rings. The summed E-state index contributed by atoms with van der Waals surface area (Å²) >= 11 is 3.36. The number of nitrogens with zero attached hydrogens (tertiary/aromatic N) is 1. The van der Waals surface area contributed by atoms with Crippen molar-refractivity contribution in [3.8, 4) is 17.2 Å². The number of aryl methyl sites for hydroxylation is 1. The minimum absolute atomic E-state index is 0.159. The van der Waals surface area contributed by atoms with Gasteiger partial charge in [0.05, 0.1) is 11.5 Å². The third-order valence-electron chi connectivity index (χ3n) is 2.81. The lowest BCUT2D eigenvalue weighted by Gasteiger charge is -2.11. The van der Waals surface area contributed by atoms with Crippen molar-refractivity contribution in [1.29, 1.82) is 0 Å². The van der Waals surface area contributed by atoms with Gasteiger partial charge in [-0.1, -0.05) is 28.1 Å². The Bertz CT molecular complexity index is 673. The number of rotatable bonds is 5. The lowest BCUT2D eigenvalue weighted by Crippen LogP contribution is -2.00. The zero-order chi connectivity index (χ0) is 15.4. The van der Waals surface area contributed by atoms with E-state index in [0.29, 0.717) is 12.4 Å². The molecule has 0 heterocycles. The fraction of sp³-hybridized carbons (Fsp3) is 0.200. The molecule has 0 saturated heterocycles. The molecule has 2 aromatic carbocycles. The van der Waals surface area contributed by atoms with E-state index >= 15 is 0 Å². The Morgan fingerprint density at radius 2 is 1.90 bits per heavy atom. The molecule has 0 saturated carbocycles. The monoisotopic (exact) mass is 351 g/mol. The highest BCUT2D eigenvalue weighted by atomic mass is 79.9. The average Bonchev–Trinajstić information content (AvgIpc) is 2.43. The molecule has 0 atom stereocenters. The van der Waals surface area contributed by atoms with E-state index < -0.39 is 4.92 Å². The minimum atomic E-state index is -0.492. The van der Waals surface area contributed by atoms with Crippen LogP contribution in [0.15, 0.2) is 40.9 Å². The van der Waals surface area contributed by atoms with E-state index in [1.165, 1.54) is 0 Å². The van der Waals surface area contributed by atoms with Crippen LogP contribution in [0.5, 0.6) is 17.2 Å². The predicted molar refractivity (Wildman–Crippen MR) is 83.2 cm³/mol. The van der Waals surface area contributed by atoms with Gasteiger partial charge in [-0.15, -0.1) is 0 Å². The maximum absolute atomic E-state index is 11.3. The van der Waals surface area contributed by atoms with Gasteiger partial charge in [0.15, 0.2) is 0 Å². The summed E-state index contributed by atoms with van der Waals surface area (Å²) < 4.78 is 11.9. The second kappa shape index (κ2) is 6.58. The highest BCUT2D eigenvalue weighted by Crippen LogP contribution is 2.40. The first-order valence-corrected chi connectivity index (χ1v) is 7.16. The fourth-order valence-electron chi connectivity index (χ4n) is 1.84. The van der Waals surface area contributed by atoms with Crippen molar-refractivity contribution < 1.29 is 14.4 Å². The third-order valence-corrected chi connectivity index (χ3v) is 3.31. The van der Waals surface area contributed by atoms with Crippen LogP contribution in [0.4, 0.5) is 5.69 Å². The van der Waals surface area contributed by atoms with Crippen molar-refractivity contribution in [3.05, 3.63) is 56.5 Å². The molecule has 0 radical (unpaired) electrons. The lowest BCUT2D eigenvalue weighted by atomic mass is 10.2. The first-order chi connectivity index (χ1) is 10.0. The van der Waals surface area contributed by atoms with Gasteiger partial charge in [-0.05, 0) is 43.7 Å². The van der Waals surface area contributed by atoms with Crippen LogP contribution in [0.3, 0.4) is 0 Å². The van der Waals surface area contributed by atoms with E-state index in [1.54, 1.807) is 31.2 Å². The maximum atomic E-state index is 11.3. The first-order valence-electron chi connectivity index (χ1n) is 6.37. The van der Waals surface area contributed by atoms with E-state index in [1.807, 2.05) is 19.1 Å². The SMILES string of the molecule is CCOc1cccc(Oc2cc(Br)ccc2C)c1[N+](=O)[O-]. The Morgan fingerprint density at radius 1 is 1.19 bits per heavy atom. The Hall–Kier alpha value is -2.08. The standard InChI is InChI=1S/C15H14BrNO4/c1-3-20-12-5-4-6-13(15(12)17(18)19)21-14-9-11(16)8-7-10(14)2/h4-9H,3H2,1-2H3. The van der Waals surface area contributed by atoms with Gasteiger partial charge in [-0.3, -0.25) is 10.1 Å². The van der Waals surface area contributed by atoms with Crippen LogP contribution in [0.2, 0.25) is 0 Å². The molecule has 0 bridgehead atoms. The molecular weight excluding hydrogens is 338 g/mol. The largest absolute Gasteiger partial charge is 0.487 e. The van der Waals surface area contributed by atoms with E-state index in [2.05, 4.69) is 15.9 Å². The fourth-order valence-corrected chi connectivity index (χ4v) is 2.18. The summed E-state index contributed by atoms with van der Waals surface area (Å²) in [6.45, 7) is 4.00. The highest BCUT2D eigenvalue weighted by molar-refractivity contribution is 9.10. The molecule has 6 heteroatoms. The molecule has 21 heavy (non-hydrogen) atoms. The molecule has 0 N–H and O–H groups in total. The van der Waals surface area contributed by atoms with Crippen molar-refractivity contribution in [3.63, 3.8) is 0 Å². The van der Waals surface area contributed by atoms with Crippen LogP contribution in [-0.4, -0.2) is 11.5 Å². The van der Waals surface area contributed by atoms with Gasteiger partial charge in [-0.25, -0.2) is 0 Å². The number of benzene rings is 2. The van der Waals surface area contributed by atoms with Gasteiger partial charge >= 0.3 is 5.69 Å². The molecule has 5 nitrogen and oxygen atoms in total. The first kappa shape index (κ1) is 15.3. The second-order valence-corrected chi connectivity index (χ2v) is 5.22. The summed E-state index contributed by atoms with van der Waals surface area (Å²) in [5.41, 5.74) is 0.716. The summed E-state index contributed by atoms with van der Waals surface area (Å²) in [7, 11) is 0. The lowest BCUT2D eigenvalue weighted by molar-refractivity contribution is -0.386. The molecule has 0 spiro atoms. The van der Waals surface area contributed by atoms with Gasteiger partial charge in [0.1, 0.15) is 5.75 Å². The highest BCUT2D eigenvalue weighted by Gasteiger charge is 2.23. The van der Waals surface area contributed by atoms with Gasteiger partial charge < -0.3 is 9.47 Å². The van der Waals surface area contributed by atoms with Gasteiger partial charge in [0, 0.05) is 4.47 Å². The molecule has 0 unspecified atom stereocenters.